The van der Waals surface area contributed by atoms with Gasteiger partial charge in [-0.3, -0.25) is 4.79 Å². The van der Waals surface area contributed by atoms with E-state index in [2.05, 4.69) is 15.0 Å². The highest BCUT2D eigenvalue weighted by Gasteiger charge is 2.17. The van der Waals surface area contributed by atoms with E-state index in [1.807, 2.05) is 0 Å². The predicted octanol–water partition coefficient (Wildman–Crippen LogP) is -0.208. The van der Waals surface area contributed by atoms with E-state index < -0.39 is 17.6 Å². The van der Waals surface area contributed by atoms with Crippen molar-refractivity contribution in [2.24, 2.45) is 0 Å². The van der Waals surface area contributed by atoms with Gasteiger partial charge in [-0.15, -0.1) is 0 Å². The Bertz CT molecular complexity index is 340. The molecular formula is C5H2ClN3O3. The summed E-state index contributed by atoms with van der Waals surface area (Å²) in [5.74, 6) is -3.31. The number of rotatable bonds is 2. The molecule has 12 heavy (non-hydrogen) atoms. The standard InChI is InChI=1S/C5H2ClN3O3/c6-5-8-1-7-3(9-5)2(10)4(11)12/h1H,(H,11,12). The molecule has 0 bridgehead atoms. The third-order valence-electron chi connectivity index (χ3n) is 0.940. The van der Waals surface area contributed by atoms with E-state index in [1.54, 1.807) is 0 Å². The van der Waals surface area contributed by atoms with Crippen LogP contribution in [-0.4, -0.2) is 31.8 Å². The van der Waals surface area contributed by atoms with E-state index >= 15 is 0 Å². The molecule has 0 spiro atoms. The van der Waals surface area contributed by atoms with E-state index in [4.69, 9.17) is 16.7 Å². The fraction of sp³-hybridized carbons (Fsp3) is 0. The van der Waals surface area contributed by atoms with Crippen LogP contribution in [0, 0.1) is 0 Å². The molecule has 0 aliphatic heterocycles. The number of carboxylic acids is 1. The van der Waals surface area contributed by atoms with E-state index in [9.17, 15) is 9.59 Å². The molecule has 1 aromatic rings. The molecule has 1 heterocycles. The number of Topliss-reactive ketones (excluding diaryl/α,β-unsaturated/α-hetero) is 1. The predicted molar refractivity (Wildman–Crippen MR) is 36.8 cm³/mol. The minimum atomic E-state index is -1.63. The first-order chi connectivity index (χ1) is 5.61. The Kier molecular flexibility index (Phi) is 2.29. The molecule has 0 amide bonds. The van der Waals surface area contributed by atoms with Crippen LogP contribution in [0.4, 0.5) is 0 Å². The van der Waals surface area contributed by atoms with Crippen LogP contribution in [0.2, 0.25) is 5.28 Å². The average molecular weight is 188 g/mol. The van der Waals surface area contributed by atoms with Gasteiger partial charge in [0.05, 0.1) is 0 Å². The maximum Gasteiger partial charge on any atom is 0.380 e. The maximum absolute atomic E-state index is 10.7. The van der Waals surface area contributed by atoms with Gasteiger partial charge in [0.15, 0.2) is 0 Å². The van der Waals surface area contributed by atoms with Gasteiger partial charge >= 0.3 is 11.8 Å². The topological polar surface area (TPSA) is 93.0 Å². The molecule has 1 rings (SSSR count). The first-order valence-corrected chi connectivity index (χ1v) is 3.11. The molecule has 0 unspecified atom stereocenters. The second kappa shape index (κ2) is 3.22. The molecule has 0 aliphatic rings. The van der Waals surface area contributed by atoms with Gasteiger partial charge in [-0.1, -0.05) is 0 Å². The fourth-order valence-electron chi connectivity index (χ4n) is 0.481. The van der Waals surface area contributed by atoms with Crippen molar-refractivity contribution in [2.75, 3.05) is 0 Å². The molecular weight excluding hydrogens is 186 g/mol. The summed E-state index contributed by atoms with van der Waals surface area (Å²) in [6, 6.07) is 0. The number of hydrogen-bond acceptors (Lipinski definition) is 5. The van der Waals surface area contributed by atoms with Crippen molar-refractivity contribution in [3.05, 3.63) is 17.4 Å². The average Bonchev–Trinajstić information content (AvgIpc) is 2.03. The van der Waals surface area contributed by atoms with Gasteiger partial charge in [0, 0.05) is 0 Å². The summed E-state index contributed by atoms with van der Waals surface area (Å²) in [6.07, 6.45) is 0.964. The Hall–Kier alpha value is -1.56. The van der Waals surface area contributed by atoms with Crippen LogP contribution in [-0.2, 0) is 4.79 Å². The number of ketones is 1. The summed E-state index contributed by atoms with van der Waals surface area (Å²) >= 11 is 5.29. The Morgan fingerprint density at radius 1 is 1.42 bits per heavy atom. The summed E-state index contributed by atoms with van der Waals surface area (Å²) in [5, 5.41) is 8.02. The van der Waals surface area contributed by atoms with Crippen LogP contribution in [0.15, 0.2) is 6.33 Å². The summed E-state index contributed by atoms with van der Waals surface area (Å²) < 4.78 is 0. The lowest BCUT2D eigenvalue weighted by Gasteiger charge is -1.92. The van der Waals surface area contributed by atoms with Crippen molar-refractivity contribution in [3.8, 4) is 0 Å². The lowest BCUT2D eigenvalue weighted by atomic mass is 10.4. The first kappa shape index (κ1) is 8.54. The van der Waals surface area contributed by atoms with Gasteiger partial charge < -0.3 is 5.11 Å². The second-order valence-electron chi connectivity index (χ2n) is 1.71. The molecule has 62 valence electrons. The van der Waals surface area contributed by atoms with Crippen LogP contribution >= 0.6 is 11.6 Å². The van der Waals surface area contributed by atoms with Crippen molar-refractivity contribution >= 4 is 23.4 Å². The highest BCUT2D eigenvalue weighted by atomic mass is 35.5. The van der Waals surface area contributed by atoms with Gasteiger partial charge in [0.25, 0.3) is 0 Å². The van der Waals surface area contributed by atoms with E-state index in [1.165, 1.54) is 0 Å². The number of carbonyl (C=O) groups excluding carboxylic acids is 1. The minimum absolute atomic E-state index is 0.213. The largest absolute Gasteiger partial charge is 0.475 e. The van der Waals surface area contributed by atoms with Crippen molar-refractivity contribution in [2.45, 2.75) is 0 Å². The van der Waals surface area contributed by atoms with E-state index in [0.29, 0.717) is 0 Å². The third-order valence-corrected chi connectivity index (χ3v) is 1.12. The van der Waals surface area contributed by atoms with Crippen molar-refractivity contribution in [3.63, 3.8) is 0 Å². The van der Waals surface area contributed by atoms with Gasteiger partial charge in [-0.05, 0) is 11.6 Å². The van der Waals surface area contributed by atoms with Gasteiger partial charge in [0.2, 0.25) is 11.1 Å². The monoisotopic (exact) mass is 187 g/mol. The Morgan fingerprint density at radius 2 is 2.08 bits per heavy atom. The smallest absolute Gasteiger partial charge is 0.380 e. The molecule has 7 heteroatoms. The number of aromatic nitrogens is 3. The lowest BCUT2D eigenvalue weighted by molar-refractivity contribution is -0.131. The minimum Gasteiger partial charge on any atom is -0.475 e. The fourth-order valence-corrected chi connectivity index (χ4v) is 0.605. The van der Waals surface area contributed by atoms with Crippen molar-refractivity contribution in [1.29, 1.82) is 0 Å². The number of aliphatic carboxylic acids is 1. The molecule has 0 saturated heterocycles. The highest BCUT2D eigenvalue weighted by Crippen LogP contribution is 1.98. The lowest BCUT2D eigenvalue weighted by Crippen LogP contribution is -2.16. The zero-order chi connectivity index (χ0) is 9.14. The SMILES string of the molecule is O=C(O)C(=O)c1ncnc(Cl)n1. The molecule has 1 N–H and O–H groups in total. The van der Waals surface area contributed by atoms with Crippen LogP contribution in [0.3, 0.4) is 0 Å². The molecule has 1 aromatic heterocycles. The number of hydrogen-bond donors (Lipinski definition) is 1. The molecule has 0 saturated carbocycles. The Morgan fingerprint density at radius 3 is 2.58 bits per heavy atom. The van der Waals surface area contributed by atoms with E-state index in [0.717, 1.165) is 6.33 Å². The van der Waals surface area contributed by atoms with Crippen molar-refractivity contribution in [1.82, 2.24) is 15.0 Å². The number of nitrogens with zero attached hydrogens (tertiary/aromatic N) is 3. The van der Waals surface area contributed by atoms with Gasteiger partial charge in [-0.25, -0.2) is 14.8 Å². The second-order valence-corrected chi connectivity index (χ2v) is 2.05. The first-order valence-electron chi connectivity index (χ1n) is 2.73. The van der Waals surface area contributed by atoms with Crippen LogP contribution in [0.5, 0.6) is 0 Å². The van der Waals surface area contributed by atoms with Crippen molar-refractivity contribution < 1.29 is 14.7 Å². The number of carboxylic acid groups (broad SMARTS) is 1. The molecule has 6 nitrogen and oxygen atoms in total. The summed E-state index contributed by atoms with van der Waals surface area (Å²) in [7, 11) is 0. The highest BCUT2D eigenvalue weighted by molar-refractivity contribution is 6.39. The third kappa shape index (κ3) is 1.73. The van der Waals surface area contributed by atoms with Gasteiger partial charge in [-0.2, -0.15) is 4.98 Å². The number of halogens is 1. The Balaban J connectivity index is 3.04. The Labute approximate surface area is 71.2 Å². The van der Waals surface area contributed by atoms with Crippen LogP contribution in [0.25, 0.3) is 0 Å². The summed E-state index contributed by atoms with van der Waals surface area (Å²) in [6.45, 7) is 0. The molecule has 0 radical (unpaired) electrons. The van der Waals surface area contributed by atoms with E-state index in [-0.39, 0.29) is 5.28 Å². The zero-order valence-corrected chi connectivity index (χ0v) is 6.32. The quantitative estimate of drug-likeness (QED) is 0.509. The molecule has 0 aliphatic carbocycles. The number of carbonyl (C=O) groups is 2. The van der Waals surface area contributed by atoms with Crippen LogP contribution in [0.1, 0.15) is 10.6 Å². The summed E-state index contributed by atoms with van der Waals surface area (Å²) in [4.78, 5) is 30.8. The van der Waals surface area contributed by atoms with Crippen LogP contribution < -0.4 is 0 Å². The molecule has 0 fully saturated rings. The van der Waals surface area contributed by atoms with Gasteiger partial charge in [0.1, 0.15) is 6.33 Å². The zero-order valence-electron chi connectivity index (χ0n) is 5.56. The maximum atomic E-state index is 10.7. The summed E-state index contributed by atoms with van der Waals surface area (Å²) in [5.41, 5.74) is 0. The normalized spacial score (nSPS) is 9.42. The molecule has 0 aromatic carbocycles. The molecule has 0 atom stereocenters.